The summed E-state index contributed by atoms with van der Waals surface area (Å²) in [5.74, 6) is -0.750. The zero-order valence-corrected chi connectivity index (χ0v) is 11.7. The molecule has 1 N–H and O–H groups in total. The van der Waals surface area contributed by atoms with Crippen LogP contribution in [0.5, 0.6) is 0 Å². The number of carboxylic acids is 1. The quantitative estimate of drug-likeness (QED) is 0.865. The first-order valence-corrected chi connectivity index (χ1v) is 6.30. The maximum atomic E-state index is 10.4. The van der Waals surface area contributed by atoms with E-state index in [9.17, 15) is 4.79 Å². The fraction of sp³-hybridized carbons (Fsp3) is 0.438. The van der Waals surface area contributed by atoms with Crippen molar-refractivity contribution in [2.24, 2.45) is 0 Å². The third-order valence-electron chi connectivity index (χ3n) is 2.97. The lowest BCUT2D eigenvalue weighted by Gasteiger charge is -2.20. The normalized spacial score (nSPS) is 12.0. The van der Waals surface area contributed by atoms with Crippen molar-refractivity contribution in [3.8, 4) is 0 Å². The number of benzene rings is 1. The highest BCUT2D eigenvalue weighted by Gasteiger charge is 2.13. The van der Waals surface area contributed by atoms with Crippen molar-refractivity contribution >= 4 is 12.0 Å². The van der Waals surface area contributed by atoms with Gasteiger partial charge >= 0.3 is 5.97 Å². The molecule has 0 amide bonds. The molecule has 0 aliphatic heterocycles. The second-order valence-corrected chi connectivity index (χ2v) is 5.66. The molecule has 1 aromatic rings. The van der Waals surface area contributed by atoms with Crippen LogP contribution in [0.2, 0.25) is 0 Å². The van der Waals surface area contributed by atoms with Gasteiger partial charge in [0.15, 0.2) is 0 Å². The predicted octanol–water partition coefficient (Wildman–Crippen LogP) is 4.17. The van der Waals surface area contributed by atoms with E-state index in [0.717, 1.165) is 0 Å². The van der Waals surface area contributed by atoms with Gasteiger partial charge in [-0.3, -0.25) is 4.79 Å². The van der Waals surface area contributed by atoms with Crippen molar-refractivity contribution in [2.75, 3.05) is 0 Å². The van der Waals surface area contributed by atoms with Crippen LogP contribution in [-0.2, 0) is 10.2 Å². The molecule has 18 heavy (non-hydrogen) atoms. The smallest absolute Gasteiger partial charge is 0.303 e. The minimum absolute atomic E-state index is 0.136. The van der Waals surface area contributed by atoms with Crippen molar-refractivity contribution in [2.45, 2.75) is 46.0 Å². The van der Waals surface area contributed by atoms with Gasteiger partial charge in [-0.2, -0.15) is 0 Å². The van der Waals surface area contributed by atoms with Gasteiger partial charge in [-0.25, -0.2) is 0 Å². The summed E-state index contributed by atoms with van der Waals surface area (Å²) in [6, 6.07) is 6.47. The summed E-state index contributed by atoms with van der Waals surface area (Å²) in [5, 5.41) is 8.58. The molecule has 0 unspecified atom stereocenters. The minimum Gasteiger partial charge on any atom is -0.481 e. The van der Waals surface area contributed by atoms with E-state index in [-0.39, 0.29) is 11.8 Å². The van der Waals surface area contributed by atoms with Crippen LogP contribution in [0.3, 0.4) is 0 Å². The van der Waals surface area contributed by atoms with E-state index in [1.807, 2.05) is 12.2 Å². The van der Waals surface area contributed by atoms with Crippen molar-refractivity contribution in [1.29, 1.82) is 0 Å². The summed E-state index contributed by atoms with van der Waals surface area (Å²) in [7, 11) is 0. The number of aliphatic carboxylic acids is 1. The van der Waals surface area contributed by atoms with Gasteiger partial charge in [0.25, 0.3) is 0 Å². The predicted molar refractivity (Wildman–Crippen MR) is 75.8 cm³/mol. The van der Waals surface area contributed by atoms with Crippen LogP contribution in [0.25, 0.3) is 6.08 Å². The molecular formula is C16H22O2. The standard InChI is InChI=1S/C16H22O2/c1-12-9-10-14(16(2,3)4)11-13(12)7-5-6-8-15(17)18/h5,7,9-11H,6,8H2,1-4H3,(H,17,18)/b7-5+. The lowest BCUT2D eigenvalue weighted by Crippen LogP contribution is -2.11. The highest BCUT2D eigenvalue weighted by molar-refractivity contribution is 5.67. The minimum atomic E-state index is -0.750. The van der Waals surface area contributed by atoms with E-state index < -0.39 is 5.97 Å². The summed E-state index contributed by atoms with van der Waals surface area (Å²) in [5.41, 5.74) is 3.82. The van der Waals surface area contributed by atoms with E-state index in [2.05, 4.69) is 45.9 Å². The van der Waals surface area contributed by atoms with Gasteiger partial charge in [0.05, 0.1) is 0 Å². The largest absolute Gasteiger partial charge is 0.481 e. The molecule has 0 spiro atoms. The first kappa shape index (κ1) is 14.5. The van der Waals surface area contributed by atoms with Crippen LogP contribution in [-0.4, -0.2) is 11.1 Å². The van der Waals surface area contributed by atoms with E-state index in [1.54, 1.807) is 0 Å². The van der Waals surface area contributed by atoms with Crippen molar-refractivity contribution in [3.05, 3.63) is 41.0 Å². The van der Waals surface area contributed by atoms with Crippen molar-refractivity contribution < 1.29 is 9.90 Å². The molecule has 98 valence electrons. The molecule has 0 aromatic heterocycles. The van der Waals surface area contributed by atoms with E-state index >= 15 is 0 Å². The average Bonchev–Trinajstić information content (AvgIpc) is 2.24. The summed E-state index contributed by atoms with van der Waals surface area (Å²) in [6.45, 7) is 8.64. The lowest BCUT2D eigenvalue weighted by molar-refractivity contribution is -0.136. The highest BCUT2D eigenvalue weighted by atomic mass is 16.4. The van der Waals surface area contributed by atoms with Crippen LogP contribution in [0, 0.1) is 6.92 Å². The lowest BCUT2D eigenvalue weighted by atomic mass is 9.85. The fourth-order valence-electron chi connectivity index (χ4n) is 1.70. The Labute approximate surface area is 109 Å². The Morgan fingerprint density at radius 2 is 2.00 bits per heavy atom. The number of carboxylic acid groups (broad SMARTS) is 1. The van der Waals surface area contributed by atoms with Crippen molar-refractivity contribution in [3.63, 3.8) is 0 Å². The van der Waals surface area contributed by atoms with E-state index in [0.29, 0.717) is 6.42 Å². The number of rotatable bonds is 4. The second-order valence-electron chi connectivity index (χ2n) is 5.66. The first-order chi connectivity index (χ1) is 8.30. The summed E-state index contributed by atoms with van der Waals surface area (Å²) in [4.78, 5) is 10.4. The third-order valence-corrected chi connectivity index (χ3v) is 2.97. The number of allylic oxidation sites excluding steroid dienone is 1. The number of aryl methyl sites for hydroxylation is 1. The Hall–Kier alpha value is -1.57. The first-order valence-electron chi connectivity index (χ1n) is 6.30. The maximum Gasteiger partial charge on any atom is 0.303 e. The number of hydrogen-bond acceptors (Lipinski definition) is 1. The molecule has 0 fully saturated rings. The van der Waals surface area contributed by atoms with Gasteiger partial charge in [0.2, 0.25) is 0 Å². The fourth-order valence-corrected chi connectivity index (χ4v) is 1.70. The van der Waals surface area contributed by atoms with Gasteiger partial charge in [0, 0.05) is 6.42 Å². The molecule has 1 rings (SSSR count). The summed E-state index contributed by atoms with van der Waals surface area (Å²) < 4.78 is 0. The van der Waals surface area contributed by atoms with E-state index in [1.165, 1.54) is 16.7 Å². The zero-order chi connectivity index (χ0) is 13.8. The third kappa shape index (κ3) is 4.36. The molecule has 2 nitrogen and oxygen atoms in total. The van der Waals surface area contributed by atoms with Gasteiger partial charge < -0.3 is 5.11 Å². The van der Waals surface area contributed by atoms with Gasteiger partial charge in [-0.15, -0.1) is 0 Å². The van der Waals surface area contributed by atoms with Crippen molar-refractivity contribution in [1.82, 2.24) is 0 Å². The van der Waals surface area contributed by atoms with Crippen LogP contribution in [0.15, 0.2) is 24.3 Å². The van der Waals surface area contributed by atoms with Crippen LogP contribution in [0.4, 0.5) is 0 Å². The summed E-state index contributed by atoms with van der Waals surface area (Å²) in [6.07, 6.45) is 4.72. The zero-order valence-electron chi connectivity index (χ0n) is 11.7. The number of hydrogen-bond donors (Lipinski definition) is 1. The average molecular weight is 246 g/mol. The molecule has 1 aromatic carbocycles. The van der Waals surface area contributed by atoms with Gasteiger partial charge in [-0.1, -0.05) is 51.1 Å². The van der Waals surface area contributed by atoms with Crippen LogP contribution >= 0.6 is 0 Å². The monoisotopic (exact) mass is 246 g/mol. The topological polar surface area (TPSA) is 37.3 Å². The molecule has 0 aliphatic rings. The Bertz CT molecular complexity index is 451. The highest BCUT2D eigenvalue weighted by Crippen LogP contribution is 2.25. The molecule has 0 bridgehead atoms. The molecule has 0 radical (unpaired) electrons. The number of carbonyl (C=O) groups is 1. The van der Waals surface area contributed by atoms with Crippen LogP contribution in [0.1, 0.15) is 50.3 Å². The van der Waals surface area contributed by atoms with E-state index in [4.69, 9.17) is 5.11 Å². The summed E-state index contributed by atoms with van der Waals surface area (Å²) >= 11 is 0. The molecule has 0 atom stereocenters. The molecule has 0 saturated heterocycles. The Morgan fingerprint density at radius 1 is 1.33 bits per heavy atom. The molecular weight excluding hydrogens is 224 g/mol. The molecule has 2 heteroatoms. The maximum absolute atomic E-state index is 10.4. The van der Waals surface area contributed by atoms with Gasteiger partial charge in [-0.05, 0) is 35.4 Å². The molecule has 0 heterocycles. The molecule has 0 saturated carbocycles. The Kier molecular flexibility index (Phi) is 4.71. The molecule has 0 aliphatic carbocycles. The van der Waals surface area contributed by atoms with Crippen LogP contribution < -0.4 is 0 Å². The Balaban J connectivity index is 2.85. The SMILES string of the molecule is Cc1ccc(C(C)(C)C)cc1/C=C/CCC(=O)O. The second kappa shape index (κ2) is 5.85. The van der Waals surface area contributed by atoms with Gasteiger partial charge in [0.1, 0.15) is 0 Å². The Morgan fingerprint density at radius 3 is 2.56 bits per heavy atom.